The van der Waals surface area contributed by atoms with Crippen molar-refractivity contribution in [2.45, 2.75) is 142 Å². The molecule has 0 amide bonds. The van der Waals surface area contributed by atoms with E-state index in [-0.39, 0.29) is 24.0 Å². The monoisotopic (exact) mass is 470 g/mol. The van der Waals surface area contributed by atoms with Crippen molar-refractivity contribution in [1.82, 2.24) is 0 Å². The summed E-state index contributed by atoms with van der Waals surface area (Å²) in [7, 11) is 3.31. The Morgan fingerprint density at radius 2 is 0.708 bits per heavy atom. The standard InChI is InChI=1S/C22H47P.HI/c1-4-7-10-13-16-19-22(23,20-17-14-11-8-5-2)21-18-15-12-9-6-3;/h4-21,23H2,1-3H3;1H. The molecular weight excluding hydrogens is 422 g/mol. The van der Waals surface area contributed by atoms with E-state index < -0.39 is 0 Å². The Hall–Kier alpha value is 1.16. The Balaban J connectivity index is 0. The first kappa shape index (κ1) is 27.4. The molecule has 0 aliphatic heterocycles. The van der Waals surface area contributed by atoms with Gasteiger partial charge in [0.1, 0.15) is 0 Å². The first-order chi connectivity index (χ1) is 11.2. The van der Waals surface area contributed by atoms with Gasteiger partial charge in [0, 0.05) is 0 Å². The van der Waals surface area contributed by atoms with Gasteiger partial charge < -0.3 is 0 Å². The van der Waals surface area contributed by atoms with Crippen molar-refractivity contribution in [3.63, 3.8) is 0 Å². The lowest BCUT2D eigenvalue weighted by molar-refractivity contribution is 0.404. The molecule has 0 saturated heterocycles. The van der Waals surface area contributed by atoms with E-state index in [2.05, 4.69) is 30.0 Å². The first-order valence-corrected chi connectivity index (χ1v) is 11.5. The van der Waals surface area contributed by atoms with Gasteiger partial charge >= 0.3 is 0 Å². The Morgan fingerprint density at radius 1 is 0.458 bits per heavy atom. The van der Waals surface area contributed by atoms with Gasteiger partial charge in [0.15, 0.2) is 0 Å². The van der Waals surface area contributed by atoms with Gasteiger partial charge in [-0.15, -0.1) is 33.2 Å². The minimum atomic E-state index is 0. The van der Waals surface area contributed by atoms with E-state index in [1.54, 1.807) is 0 Å². The Kier molecular flexibility index (Phi) is 23.4. The first-order valence-electron chi connectivity index (χ1n) is 11.0. The van der Waals surface area contributed by atoms with Crippen LogP contribution in [-0.2, 0) is 0 Å². The van der Waals surface area contributed by atoms with E-state index in [1.165, 1.54) is 116 Å². The van der Waals surface area contributed by atoms with Crippen LogP contribution in [0.5, 0.6) is 0 Å². The van der Waals surface area contributed by atoms with Gasteiger partial charge in [0.25, 0.3) is 0 Å². The topological polar surface area (TPSA) is 0 Å². The second-order valence-electron chi connectivity index (χ2n) is 7.86. The molecule has 0 rings (SSSR count). The summed E-state index contributed by atoms with van der Waals surface area (Å²) in [5.74, 6) is 0. The molecule has 0 aliphatic carbocycles. The zero-order valence-electron chi connectivity index (χ0n) is 17.2. The Bertz CT molecular complexity index is 194. The smallest absolute Gasteiger partial charge is 0.0150 e. The van der Waals surface area contributed by atoms with Crippen LogP contribution in [0.2, 0.25) is 0 Å². The summed E-state index contributed by atoms with van der Waals surface area (Å²) >= 11 is 0. The minimum Gasteiger partial charge on any atom is -0.131 e. The molecule has 1 atom stereocenters. The molecule has 0 bridgehead atoms. The third-order valence-electron chi connectivity index (χ3n) is 5.33. The lowest BCUT2D eigenvalue weighted by Gasteiger charge is -2.30. The van der Waals surface area contributed by atoms with Gasteiger partial charge in [0.05, 0.1) is 0 Å². The van der Waals surface area contributed by atoms with Crippen LogP contribution in [0.3, 0.4) is 0 Å². The van der Waals surface area contributed by atoms with Crippen molar-refractivity contribution in [3.8, 4) is 0 Å². The second-order valence-corrected chi connectivity index (χ2v) is 9.08. The fraction of sp³-hybridized carbons (Fsp3) is 1.00. The van der Waals surface area contributed by atoms with Crippen molar-refractivity contribution >= 4 is 33.2 Å². The summed E-state index contributed by atoms with van der Waals surface area (Å²) < 4.78 is 0. The molecule has 2 heteroatoms. The highest BCUT2D eigenvalue weighted by Gasteiger charge is 2.22. The third kappa shape index (κ3) is 18.0. The fourth-order valence-electron chi connectivity index (χ4n) is 3.62. The van der Waals surface area contributed by atoms with E-state index in [4.69, 9.17) is 0 Å². The van der Waals surface area contributed by atoms with Gasteiger partial charge in [0.2, 0.25) is 0 Å². The van der Waals surface area contributed by atoms with E-state index in [0.29, 0.717) is 5.16 Å². The molecule has 148 valence electrons. The number of unbranched alkanes of at least 4 members (excludes halogenated alkanes) is 12. The summed E-state index contributed by atoms with van der Waals surface area (Å²) in [5, 5.41) is 0.560. The van der Waals surface area contributed by atoms with Gasteiger partial charge in [-0.25, -0.2) is 0 Å². The van der Waals surface area contributed by atoms with Crippen LogP contribution in [-0.4, -0.2) is 5.16 Å². The molecule has 0 N–H and O–H groups in total. The molecule has 0 spiro atoms. The average molecular weight is 471 g/mol. The van der Waals surface area contributed by atoms with Crippen LogP contribution < -0.4 is 0 Å². The zero-order chi connectivity index (χ0) is 17.2. The molecule has 0 radical (unpaired) electrons. The van der Waals surface area contributed by atoms with Crippen molar-refractivity contribution in [2.24, 2.45) is 0 Å². The maximum absolute atomic E-state index is 3.31. The summed E-state index contributed by atoms with van der Waals surface area (Å²) in [6.45, 7) is 6.94. The van der Waals surface area contributed by atoms with Crippen molar-refractivity contribution in [3.05, 3.63) is 0 Å². The molecule has 1 unspecified atom stereocenters. The quantitative estimate of drug-likeness (QED) is 0.106. The van der Waals surface area contributed by atoms with E-state index in [1.807, 2.05) is 0 Å². The third-order valence-corrected chi connectivity index (χ3v) is 6.20. The molecule has 0 aliphatic rings. The summed E-state index contributed by atoms with van der Waals surface area (Å²) in [6, 6.07) is 0. The molecular formula is C22H48IP. The lowest BCUT2D eigenvalue weighted by Crippen LogP contribution is -2.20. The molecule has 0 heterocycles. The molecule has 0 fully saturated rings. The highest BCUT2D eigenvalue weighted by Crippen LogP contribution is 2.37. The number of hydrogen-bond donors (Lipinski definition) is 0. The predicted octanol–water partition coefficient (Wildman–Crippen LogP) is 9.30. The minimum absolute atomic E-state index is 0. The van der Waals surface area contributed by atoms with Gasteiger partial charge in [-0.3, -0.25) is 0 Å². The Morgan fingerprint density at radius 3 is 0.958 bits per heavy atom. The lowest BCUT2D eigenvalue weighted by atomic mass is 9.88. The summed E-state index contributed by atoms with van der Waals surface area (Å²) in [4.78, 5) is 0. The zero-order valence-corrected chi connectivity index (χ0v) is 20.7. The average Bonchev–Trinajstić information content (AvgIpc) is 2.54. The normalized spacial score (nSPS) is 11.5. The van der Waals surface area contributed by atoms with Gasteiger partial charge in [-0.05, 0) is 24.4 Å². The highest BCUT2D eigenvalue weighted by atomic mass is 127. The van der Waals surface area contributed by atoms with Crippen LogP contribution in [0.15, 0.2) is 0 Å². The highest BCUT2D eigenvalue weighted by molar-refractivity contribution is 14.0. The van der Waals surface area contributed by atoms with E-state index in [9.17, 15) is 0 Å². The number of rotatable bonds is 18. The van der Waals surface area contributed by atoms with Crippen LogP contribution in [0.1, 0.15) is 136 Å². The van der Waals surface area contributed by atoms with Crippen molar-refractivity contribution < 1.29 is 0 Å². The molecule has 0 saturated carbocycles. The van der Waals surface area contributed by atoms with Crippen molar-refractivity contribution in [1.29, 1.82) is 0 Å². The number of hydrogen-bond acceptors (Lipinski definition) is 0. The Labute approximate surface area is 174 Å². The van der Waals surface area contributed by atoms with E-state index >= 15 is 0 Å². The van der Waals surface area contributed by atoms with Gasteiger partial charge in [-0.1, -0.05) is 117 Å². The predicted molar refractivity (Wildman–Crippen MR) is 128 cm³/mol. The number of halogens is 1. The van der Waals surface area contributed by atoms with Crippen LogP contribution in [0.25, 0.3) is 0 Å². The molecule has 0 aromatic heterocycles. The summed E-state index contributed by atoms with van der Waals surface area (Å²) in [5.41, 5.74) is 0. The maximum Gasteiger partial charge on any atom is -0.0150 e. The molecule has 0 aromatic rings. The van der Waals surface area contributed by atoms with E-state index in [0.717, 1.165) is 0 Å². The molecule has 24 heavy (non-hydrogen) atoms. The van der Waals surface area contributed by atoms with Crippen LogP contribution >= 0.6 is 33.2 Å². The van der Waals surface area contributed by atoms with Crippen LogP contribution in [0, 0.1) is 0 Å². The second kappa shape index (κ2) is 20.5. The fourth-order valence-corrected chi connectivity index (χ4v) is 4.23. The maximum atomic E-state index is 3.31. The molecule has 0 nitrogen and oxygen atoms in total. The van der Waals surface area contributed by atoms with Crippen LogP contribution in [0.4, 0.5) is 0 Å². The summed E-state index contributed by atoms with van der Waals surface area (Å²) in [6.07, 6.45) is 25.8. The molecule has 0 aromatic carbocycles. The van der Waals surface area contributed by atoms with Crippen molar-refractivity contribution in [2.75, 3.05) is 0 Å². The largest absolute Gasteiger partial charge is 0.131 e. The van der Waals surface area contributed by atoms with Gasteiger partial charge in [-0.2, -0.15) is 0 Å². The SMILES string of the molecule is CCCCCCCC(P)(CCCCCCC)CCCCCCC.I.